The van der Waals surface area contributed by atoms with Crippen LogP contribution in [0.5, 0.6) is 5.75 Å². The van der Waals surface area contributed by atoms with E-state index in [1.54, 1.807) is 49.4 Å². The fourth-order valence-corrected chi connectivity index (χ4v) is 2.26. The average molecular weight is 345 g/mol. The highest BCUT2D eigenvalue weighted by atomic mass is 35.5. The number of carbonyl (C=O) groups is 1. The maximum Gasteiger partial charge on any atom is 0.265 e. The molecule has 0 radical (unpaired) electrons. The molecule has 110 valence electrons. The van der Waals surface area contributed by atoms with Crippen LogP contribution in [0.1, 0.15) is 6.92 Å². The molecule has 0 spiro atoms. The Balaban J connectivity index is 2.00. The number of carbonyl (C=O) groups excluding carboxylic acids is 1. The fourth-order valence-electron chi connectivity index (χ4n) is 1.63. The van der Waals surface area contributed by atoms with Crippen molar-refractivity contribution in [3.05, 3.63) is 57.5 Å². The highest BCUT2D eigenvalue weighted by Gasteiger charge is 2.15. The van der Waals surface area contributed by atoms with Crippen molar-refractivity contribution < 1.29 is 9.53 Å². The molecule has 0 aromatic heterocycles. The van der Waals surface area contributed by atoms with E-state index in [9.17, 15) is 4.79 Å². The Morgan fingerprint density at radius 3 is 2.14 bits per heavy atom. The van der Waals surface area contributed by atoms with Crippen LogP contribution >= 0.6 is 34.8 Å². The summed E-state index contributed by atoms with van der Waals surface area (Å²) in [6.45, 7) is 1.64. The minimum atomic E-state index is -0.699. The van der Waals surface area contributed by atoms with E-state index in [0.29, 0.717) is 26.5 Å². The number of anilines is 1. The molecule has 0 bridgehead atoms. The normalized spacial score (nSPS) is 11.8. The molecule has 0 heterocycles. The summed E-state index contributed by atoms with van der Waals surface area (Å²) >= 11 is 17.5. The molecule has 0 aliphatic carbocycles. The standard InChI is InChI=1S/C15H12Cl3NO2/c1-9(21-14-7-11(17)6-12(18)8-14)15(20)19-13-4-2-10(16)3-5-13/h2-9H,1H3,(H,19,20)/t9-/m1/s1. The Morgan fingerprint density at radius 1 is 1.00 bits per heavy atom. The molecule has 6 heteroatoms. The summed E-state index contributed by atoms with van der Waals surface area (Å²) in [4.78, 5) is 12.0. The second kappa shape index (κ2) is 7.03. The molecular weight excluding hydrogens is 333 g/mol. The molecule has 0 saturated carbocycles. The van der Waals surface area contributed by atoms with E-state index in [1.165, 1.54) is 0 Å². The molecular formula is C15H12Cl3NO2. The van der Waals surface area contributed by atoms with Gasteiger partial charge in [0.25, 0.3) is 5.91 Å². The molecule has 2 rings (SSSR count). The topological polar surface area (TPSA) is 38.3 Å². The zero-order valence-electron chi connectivity index (χ0n) is 11.1. The zero-order chi connectivity index (χ0) is 15.4. The summed E-state index contributed by atoms with van der Waals surface area (Å²) in [7, 11) is 0. The minimum absolute atomic E-state index is 0.284. The Kier molecular flexibility index (Phi) is 5.34. The number of halogens is 3. The molecule has 1 N–H and O–H groups in total. The van der Waals surface area contributed by atoms with Gasteiger partial charge in [-0.15, -0.1) is 0 Å². The van der Waals surface area contributed by atoms with E-state index in [0.717, 1.165) is 0 Å². The van der Waals surface area contributed by atoms with Gasteiger partial charge in [-0.1, -0.05) is 34.8 Å². The first-order chi connectivity index (χ1) is 9.94. The van der Waals surface area contributed by atoms with Crippen LogP contribution in [0.2, 0.25) is 15.1 Å². The van der Waals surface area contributed by atoms with Gasteiger partial charge in [-0.25, -0.2) is 0 Å². The van der Waals surface area contributed by atoms with E-state index in [-0.39, 0.29) is 5.91 Å². The van der Waals surface area contributed by atoms with Gasteiger partial charge < -0.3 is 10.1 Å². The third-order valence-electron chi connectivity index (χ3n) is 2.63. The number of benzene rings is 2. The van der Waals surface area contributed by atoms with Crippen LogP contribution < -0.4 is 10.1 Å². The van der Waals surface area contributed by atoms with Crippen LogP contribution in [0, 0.1) is 0 Å². The second-order valence-electron chi connectivity index (χ2n) is 4.36. The van der Waals surface area contributed by atoms with E-state index in [4.69, 9.17) is 39.5 Å². The van der Waals surface area contributed by atoms with Gasteiger partial charge in [0.1, 0.15) is 5.75 Å². The summed E-state index contributed by atoms with van der Waals surface area (Å²) in [6.07, 6.45) is -0.699. The number of nitrogens with one attached hydrogen (secondary N) is 1. The lowest BCUT2D eigenvalue weighted by molar-refractivity contribution is -0.122. The number of hydrogen-bond acceptors (Lipinski definition) is 2. The van der Waals surface area contributed by atoms with Crippen LogP contribution in [0.4, 0.5) is 5.69 Å². The summed E-state index contributed by atoms with van der Waals surface area (Å²) in [5.74, 6) is 0.152. The number of amides is 1. The van der Waals surface area contributed by atoms with Crippen LogP contribution in [-0.4, -0.2) is 12.0 Å². The predicted octanol–water partition coefficient (Wildman–Crippen LogP) is 5.05. The van der Waals surface area contributed by atoms with Crippen molar-refractivity contribution in [3.8, 4) is 5.75 Å². The number of hydrogen-bond donors (Lipinski definition) is 1. The molecule has 1 atom stereocenters. The lowest BCUT2D eigenvalue weighted by Crippen LogP contribution is -2.30. The molecule has 0 aliphatic rings. The molecule has 2 aromatic carbocycles. The van der Waals surface area contributed by atoms with Gasteiger partial charge in [0.15, 0.2) is 6.10 Å². The summed E-state index contributed by atoms with van der Waals surface area (Å²) < 4.78 is 5.53. The number of rotatable bonds is 4. The second-order valence-corrected chi connectivity index (χ2v) is 5.67. The molecule has 3 nitrogen and oxygen atoms in total. The third kappa shape index (κ3) is 4.81. The Labute approximate surface area is 137 Å². The average Bonchev–Trinajstić information content (AvgIpc) is 2.40. The van der Waals surface area contributed by atoms with Crippen LogP contribution in [-0.2, 0) is 4.79 Å². The lowest BCUT2D eigenvalue weighted by Gasteiger charge is -2.15. The summed E-state index contributed by atoms with van der Waals surface area (Å²) in [5.41, 5.74) is 0.643. The quantitative estimate of drug-likeness (QED) is 0.842. The van der Waals surface area contributed by atoms with Crippen molar-refractivity contribution in [2.45, 2.75) is 13.0 Å². The van der Waals surface area contributed by atoms with Crippen molar-refractivity contribution in [2.24, 2.45) is 0 Å². The first kappa shape index (κ1) is 16.0. The van der Waals surface area contributed by atoms with E-state index < -0.39 is 6.10 Å². The van der Waals surface area contributed by atoms with Gasteiger partial charge in [-0.2, -0.15) is 0 Å². The zero-order valence-corrected chi connectivity index (χ0v) is 13.3. The molecule has 1 amide bonds. The summed E-state index contributed by atoms with van der Waals surface area (Å²) in [5, 5.41) is 4.23. The first-order valence-electron chi connectivity index (χ1n) is 6.13. The molecule has 21 heavy (non-hydrogen) atoms. The smallest absolute Gasteiger partial charge is 0.265 e. The Bertz CT molecular complexity index is 624. The molecule has 0 saturated heterocycles. The van der Waals surface area contributed by atoms with Gasteiger partial charge in [0.05, 0.1) is 0 Å². The van der Waals surface area contributed by atoms with Gasteiger partial charge in [0.2, 0.25) is 0 Å². The molecule has 0 fully saturated rings. The van der Waals surface area contributed by atoms with E-state index >= 15 is 0 Å². The Morgan fingerprint density at radius 2 is 1.57 bits per heavy atom. The fraction of sp³-hybridized carbons (Fsp3) is 0.133. The minimum Gasteiger partial charge on any atom is -0.481 e. The lowest BCUT2D eigenvalue weighted by atomic mass is 10.3. The predicted molar refractivity (Wildman–Crippen MR) is 86.6 cm³/mol. The maximum atomic E-state index is 12.0. The third-order valence-corrected chi connectivity index (χ3v) is 3.32. The molecule has 0 unspecified atom stereocenters. The number of ether oxygens (including phenoxy) is 1. The van der Waals surface area contributed by atoms with Gasteiger partial charge in [0, 0.05) is 20.8 Å². The van der Waals surface area contributed by atoms with Crippen LogP contribution in [0.3, 0.4) is 0 Å². The van der Waals surface area contributed by atoms with E-state index in [2.05, 4.69) is 5.32 Å². The van der Waals surface area contributed by atoms with Gasteiger partial charge in [-0.05, 0) is 49.4 Å². The van der Waals surface area contributed by atoms with Crippen molar-refractivity contribution in [1.82, 2.24) is 0 Å². The first-order valence-corrected chi connectivity index (χ1v) is 7.26. The highest BCUT2D eigenvalue weighted by Crippen LogP contribution is 2.25. The van der Waals surface area contributed by atoms with Gasteiger partial charge >= 0.3 is 0 Å². The SMILES string of the molecule is C[C@@H](Oc1cc(Cl)cc(Cl)c1)C(=O)Nc1ccc(Cl)cc1. The summed E-state index contributed by atoms with van der Waals surface area (Å²) in [6, 6.07) is 11.6. The van der Waals surface area contributed by atoms with Crippen LogP contribution in [0.15, 0.2) is 42.5 Å². The molecule has 0 aliphatic heterocycles. The van der Waals surface area contributed by atoms with Crippen molar-refractivity contribution in [2.75, 3.05) is 5.32 Å². The largest absolute Gasteiger partial charge is 0.481 e. The highest BCUT2D eigenvalue weighted by molar-refractivity contribution is 6.34. The van der Waals surface area contributed by atoms with Gasteiger partial charge in [-0.3, -0.25) is 4.79 Å². The van der Waals surface area contributed by atoms with Crippen molar-refractivity contribution in [1.29, 1.82) is 0 Å². The van der Waals surface area contributed by atoms with Crippen LogP contribution in [0.25, 0.3) is 0 Å². The van der Waals surface area contributed by atoms with E-state index in [1.807, 2.05) is 0 Å². The monoisotopic (exact) mass is 343 g/mol. The molecule has 2 aromatic rings. The Hall–Kier alpha value is -1.42. The van der Waals surface area contributed by atoms with Crippen molar-refractivity contribution >= 4 is 46.4 Å². The van der Waals surface area contributed by atoms with Crippen molar-refractivity contribution in [3.63, 3.8) is 0 Å². The maximum absolute atomic E-state index is 12.0.